The lowest BCUT2D eigenvalue weighted by Gasteiger charge is -2.34. The van der Waals surface area contributed by atoms with Gasteiger partial charge in [0.2, 0.25) is 0 Å². The maximum Gasteiger partial charge on any atom is 0.309 e. The summed E-state index contributed by atoms with van der Waals surface area (Å²) < 4.78 is 0. The molecule has 0 saturated carbocycles. The fourth-order valence-electron chi connectivity index (χ4n) is 6.16. The van der Waals surface area contributed by atoms with Gasteiger partial charge in [0.25, 0.3) is 0 Å². The van der Waals surface area contributed by atoms with Crippen LogP contribution in [0.25, 0.3) is 0 Å². The SMILES string of the molecule is CCCCCCC=CCC(CCc1ccccc1)CCC(CCN)C(CCc1ccccc1)C(C(=O)O)C(C)O. The molecule has 5 unspecified atom stereocenters. The van der Waals surface area contributed by atoms with E-state index in [1.165, 1.54) is 36.8 Å². The number of allylic oxidation sites excluding steroid dienone is 2. The predicted molar refractivity (Wildman–Crippen MR) is 168 cm³/mol. The van der Waals surface area contributed by atoms with Gasteiger partial charge in [-0.05, 0) is 107 Å². The minimum atomic E-state index is -0.901. The van der Waals surface area contributed by atoms with Gasteiger partial charge in [0.15, 0.2) is 0 Å². The molecule has 5 atom stereocenters. The number of carboxylic acid groups (broad SMARTS) is 1. The van der Waals surface area contributed by atoms with Crippen LogP contribution in [0.3, 0.4) is 0 Å². The van der Waals surface area contributed by atoms with E-state index in [-0.39, 0.29) is 11.8 Å². The molecule has 0 saturated heterocycles. The van der Waals surface area contributed by atoms with E-state index in [4.69, 9.17) is 5.73 Å². The van der Waals surface area contributed by atoms with Gasteiger partial charge in [-0.2, -0.15) is 0 Å². The third kappa shape index (κ3) is 13.3. The first kappa shape index (κ1) is 33.8. The number of unbranched alkanes of at least 4 members (excludes halogenated alkanes) is 4. The summed E-state index contributed by atoms with van der Waals surface area (Å²) in [5.41, 5.74) is 8.67. The Morgan fingerprint density at radius 3 is 2.00 bits per heavy atom. The van der Waals surface area contributed by atoms with Crippen LogP contribution in [0.5, 0.6) is 0 Å². The van der Waals surface area contributed by atoms with E-state index in [1.54, 1.807) is 6.92 Å². The first-order valence-electron chi connectivity index (χ1n) is 15.8. The van der Waals surface area contributed by atoms with Crippen LogP contribution in [-0.2, 0) is 17.6 Å². The lowest BCUT2D eigenvalue weighted by Crippen LogP contribution is -2.38. The minimum absolute atomic E-state index is 0.120. The molecule has 0 spiro atoms. The number of carboxylic acids is 1. The largest absolute Gasteiger partial charge is 0.481 e. The Balaban J connectivity index is 2.13. The number of aliphatic hydroxyl groups excluding tert-OH is 1. The Morgan fingerprint density at radius 1 is 0.825 bits per heavy atom. The van der Waals surface area contributed by atoms with E-state index in [0.29, 0.717) is 12.5 Å². The number of carbonyl (C=O) groups is 1. The van der Waals surface area contributed by atoms with Gasteiger partial charge in [0, 0.05) is 0 Å². The van der Waals surface area contributed by atoms with E-state index in [1.807, 2.05) is 18.2 Å². The second-order valence-corrected chi connectivity index (χ2v) is 11.7. The summed E-state index contributed by atoms with van der Waals surface area (Å²) in [5, 5.41) is 20.7. The van der Waals surface area contributed by atoms with Gasteiger partial charge in [-0.1, -0.05) is 99.0 Å². The average molecular weight is 550 g/mol. The number of benzene rings is 2. The molecule has 0 aliphatic heterocycles. The van der Waals surface area contributed by atoms with Crippen molar-refractivity contribution in [2.45, 2.75) is 103 Å². The maximum absolute atomic E-state index is 12.4. The first-order chi connectivity index (χ1) is 19.5. The number of hydrogen-bond donors (Lipinski definition) is 3. The van der Waals surface area contributed by atoms with Gasteiger partial charge in [-0.3, -0.25) is 4.79 Å². The van der Waals surface area contributed by atoms with Gasteiger partial charge in [0.05, 0.1) is 12.0 Å². The molecule has 2 aromatic rings. The third-order valence-corrected chi connectivity index (χ3v) is 8.51. The number of rotatable bonds is 22. The predicted octanol–water partition coefficient (Wildman–Crippen LogP) is 8.23. The molecule has 0 heterocycles. The smallest absolute Gasteiger partial charge is 0.309 e. The summed E-state index contributed by atoms with van der Waals surface area (Å²) >= 11 is 0. The van der Waals surface area contributed by atoms with E-state index in [2.05, 4.69) is 61.5 Å². The Hall–Kier alpha value is -2.43. The van der Waals surface area contributed by atoms with Gasteiger partial charge in [0.1, 0.15) is 0 Å². The Kier molecular flexibility index (Phi) is 17.3. The molecule has 40 heavy (non-hydrogen) atoms. The standard InChI is InChI=1S/C36H55NO3/c1-3-4-5-6-7-8-11-20-32(22-21-30-16-12-9-13-17-30)23-25-33(27-28-37)34(35(29(2)38)36(39)40)26-24-31-18-14-10-15-19-31/h8-19,29,32-35,38H,3-7,20-28,37H2,1-2H3,(H,39,40). The van der Waals surface area contributed by atoms with Crippen molar-refractivity contribution in [2.24, 2.45) is 29.4 Å². The molecule has 0 fully saturated rings. The summed E-state index contributed by atoms with van der Waals surface area (Å²) in [7, 11) is 0. The molecule has 4 nitrogen and oxygen atoms in total. The zero-order valence-electron chi connectivity index (χ0n) is 25.1. The lowest BCUT2D eigenvalue weighted by molar-refractivity contribution is -0.149. The molecule has 0 aliphatic rings. The number of aliphatic hydroxyl groups is 1. The molecule has 4 N–H and O–H groups in total. The topological polar surface area (TPSA) is 83.6 Å². The van der Waals surface area contributed by atoms with Crippen molar-refractivity contribution in [3.63, 3.8) is 0 Å². The number of hydrogen-bond acceptors (Lipinski definition) is 3. The van der Waals surface area contributed by atoms with Crippen molar-refractivity contribution in [2.75, 3.05) is 6.54 Å². The molecule has 0 amide bonds. The molecule has 2 aromatic carbocycles. The normalized spacial score (nSPS) is 15.5. The molecule has 4 heteroatoms. The lowest BCUT2D eigenvalue weighted by atomic mass is 9.71. The molecule has 0 aliphatic carbocycles. The highest BCUT2D eigenvalue weighted by Gasteiger charge is 2.37. The highest BCUT2D eigenvalue weighted by Crippen LogP contribution is 2.36. The number of aliphatic carboxylic acids is 1. The third-order valence-electron chi connectivity index (χ3n) is 8.51. The maximum atomic E-state index is 12.4. The van der Waals surface area contributed by atoms with Crippen molar-refractivity contribution in [3.8, 4) is 0 Å². The zero-order valence-corrected chi connectivity index (χ0v) is 25.1. The van der Waals surface area contributed by atoms with Crippen molar-refractivity contribution < 1.29 is 15.0 Å². The van der Waals surface area contributed by atoms with Gasteiger partial charge < -0.3 is 15.9 Å². The van der Waals surface area contributed by atoms with Gasteiger partial charge in [-0.15, -0.1) is 0 Å². The Morgan fingerprint density at radius 2 is 1.45 bits per heavy atom. The number of nitrogens with two attached hydrogens (primary N) is 1. The van der Waals surface area contributed by atoms with Crippen molar-refractivity contribution >= 4 is 5.97 Å². The highest BCUT2D eigenvalue weighted by molar-refractivity contribution is 5.71. The fourth-order valence-corrected chi connectivity index (χ4v) is 6.16. The van der Waals surface area contributed by atoms with E-state index in [0.717, 1.165) is 57.8 Å². The molecule has 0 radical (unpaired) electrons. The van der Waals surface area contributed by atoms with Crippen LogP contribution >= 0.6 is 0 Å². The van der Waals surface area contributed by atoms with Crippen LogP contribution in [-0.4, -0.2) is 28.8 Å². The molecule has 2 rings (SSSR count). The quantitative estimate of drug-likeness (QED) is 0.102. The van der Waals surface area contributed by atoms with Crippen LogP contribution in [0.2, 0.25) is 0 Å². The summed E-state index contributed by atoms with van der Waals surface area (Å²) in [6.07, 6.45) is 17.7. The summed E-state index contributed by atoms with van der Waals surface area (Å²) in [6, 6.07) is 20.9. The van der Waals surface area contributed by atoms with Gasteiger partial charge >= 0.3 is 5.97 Å². The van der Waals surface area contributed by atoms with Crippen LogP contribution < -0.4 is 5.73 Å². The zero-order chi connectivity index (χ0) is 29.0. The minimum Gasteiger partial charge on any atom is -0.481 e. The molecule has 0 aromatic heterocycles. The summed E-state index contributed by atoms with van der Waals surface area (Å²) in [6.45, 7) is 4.41. The summed E-state index contributed by atoms with van der Waals surface area (Å²) in [4.78, 5) is 12.4. The first-order valence-corrected chi connectivity index (χ1v) is 15.8. The second kappa shape index (κ2) is 20.4. The van der Waals surface area contributed by atoms with E-state index >= 15 is 0 Å². The number of aryl methyl sites for hydroxylation is 2. The van der Waals surface area contributed by atoms with Crippen LogP contribution in [0, 0.1) is 23.7 Å². The summed E-state index contributed by atoms with van der Waals surface area (Å²) in [5.74, 6) is -1.10. The van der Waals surface area contributed by atoms with Gasteiger partial charge in [-0.25, -0.2) is 0 Å². The second-order valence-electron chi connectivity index (χ2n) is 11.7. The molecular weight excluding hydrogens is 494 g/mol. The van der Waals surface area contributed by atoms with Crippen LogP contribution in [0.1, 0.15) is 95.6 Å². The molecule has 222 valence electrons. The van der Waals surface area contributed by atoms with Crippen molar-refractivity contribution in [1.29, 1.82) is 0 Å². The monoisotopic (exact) mass is 549 g/mol. The molecular formula is C36H55NO3. The average Bonchev–Trinajstić information content (AvgIpc) is 2.95. The molecule has 0 bridgehead atoms. The van der Waals surface area contributed by atoms with Crippen LogP contribution in [0.4, 0.5) is 0 Å². The Labute approximate surface area is 244 Å². The van der Waals surface area contributed by atoms with E-state index in [9.17, 15) is 15.0 Å². The fraction of sp³-hybridized carbons (Fsp3) is 0.583. The Bertz CT molecular complexity index is 928. The van der Waals surface area contributed by atoms with Crippen LogP contribution in [0.15, 0.2) is 72.8 Å². The van der Waals surface area contributed by atoms with Crippen molar-refractivity contribution in [1.82, 2.24) is 0 Å². The van der Waals surface area contributed by atoms with E-state index < -0.39 is 18.0 Å². The van der Waals surface area contributed by atoms with Crippen molar-refractivity contribution in [3.05, 3.63) is 83.9 Å². The highest BCUT2D eigenvalue weighted by atomic mass is 16.4.